The third kappa shape index (κ3) is 4.01. The fraction of sp³-hybridized carbons (Fsp3) is 0.0435. The van der Waals surface area contributed by atoms with Crippen molar-refractivity contribution in [2.75, 3.05) is 12.4 Å². The number of carbonyl (C=O) groups is 2. The Morgan fingerprint density at radius 3 is 2.40 bits per heavy atom. The Hall–Kier alpha value is -3.35. The maximum absolute atomic E-state index is 12.8. The first-order chi connectivity index (χ1) is 14.6. The minimum absolute atomic E-state index is 0.130. The second-order valence-electron chi connectivity index (χ2n) is 6.34. The predicted molar refractivity (Wildman–Crippen MR) is 118 cm³/mol. The number of hydrogen-bond donors (Lipinski definition) is 1. The number of esters is 1. The van der Waals surface area contributed by atoms with Crippen LogP contribution < -0.4 is 5.32 Å². The van der Waals surface area contributed by atoms with Crippen LogP contribution in [0.2, 0.25) is 5.02 Å². The average Bonchev–Trinajstić information content (AvgIpc) is 3.42. The molecule has 0 saturated carbocycles. The van der Waals surface area contributed by atoms with Crippen LogP contribution in [0.25, 0.3) is 22.5 Å². The van der Waals surface area contributed by atoms with Crippen molar-refractivity contribution < 1.29 is 18.7 Å². The molecule has 2 heterocycles. The van der Waals surface area contributed by atoms with Gasteiger partial charge in [0.05, 0.1) is 7.11 Å². The molecule has 2 aromatic carbocycles. The van der Waals surface area contributed by atoms with E-state index in [1.54, 1.807) is 24.3 Å². The van der Waals surface area contributed by atoms with Crippen LogP contribution in [0.4, 0.5) is 5.00 Å². The molecule has 2 aromatic heterocycles. The molecule has 0 unspecified atom stereocenters. The topological polar surface area (TPSA) is 68.5 Å². The standard InChI is InChI=1S/C23H16ClNO4S/c1-28-23(27)20-17(14-5-3-2-4-6-14)13-30-22(20)25-21(26)19-12-11-18(29-19)15-7-9-16(24)10-8-15/h2-13H,1H3,(H,25,26). The SMILES string of the molecule is COC(=O)c1c(-c2ccccc2)csc1NC(=O)c1ccc(-c2ccc(Cl)cc2)o1. The molecule has 1 amide bonds. The molecule has 30 heavy (non-hydrogen) atoms. The number of amides is 1. The summed E-state index contributed by atoms with van der Waals surface area (Å²) in [5.41, 5.74) is 2.67. The normalized spacial score (nSPS) is 10.6. The molecule has 0 radical (unpaired) electrons. The van der Waals surface area contributed by atoms with Gasteiger partial charge in [-0.2, -0.15) is 0 Å². The predicted octanol–water partition coefficient (Wildman–Crippen LogP) is 6.37. The van der Waals surface area contributed by atoms with Gasteiger partial charge >= 0.3 is 5.97 Å². The Morgan fingerprint density at radius 1 is 0.967 bits per heavy atom. The lowest BCUT2D eigenvalue weighted by atomic mass is 10.0. The number of rotatable bonds is 5. The Bertz CT molecular complexity index is 1200. The Morgan fingerprint density at radius 2 is 1.70 bits per heavy atom. The maximum atomic E-state index is 12.8. The minimum atomic E-state index is -0.522. The zero-order chi connectivity index (χ0) is 21.1. The number of benzene rings is 2. The van der Waals surface area contributed by atoms with E-state index in [0.717, 1.165) is 11.1 Å². The lowest BCUT2D eigenvalue weighted by Gasteiger charge is -2.07. The monoisotopic (exact) mass is 437 g/mol. The number of anilines is 1. The summed E-state index contributed by atoms with van der Waals surface area (Å²) in [6.07, 6.45) is 0. The number of ether oxygens (including phenoxy) is 1. The molecule has 0 spiro atoms. The summed E-state index contributed by atoms with van der Waals surface area (Å²) in [7, 11) is 1.31. The molecule has 0 bridgehead atoms. The summed E-state index contributed by atoms with van der Waals surface area (Å²) in [6, 6.07) is 19.9. The highest BCUT2D eigenvalue weighted by Gasteiger charge is 2.23. The van der Waals surface area contributed by atoms with Gasteiger partial charge in [0.15, 0.2) is 5.76 Å². The number of thiophene rings is 1. The smallest absolute Gasteiger partial charge is 0.341 e. The quantitative estimate of drug-likeness (QED) is 0.368. The lowest BCUT2D eigenvalue weighted by Crippen LogP contribution is -2.13. The molecule has 0 aliphatic heterocycles. The van der Waals surface area contributed by atoms with Crippen molar-refractivity contribution >= 4 is 39.8 Å². The molecule has 4 rings (SSSR count). The molecule has 4 aromatic rings. The highest BCUT2D eigenvalue weighted by Crippen LogP contribution is 2.36. The van der Waals surface area contributed by atoms with Gasteiger partial charge < -0.3 is 14.5 Å². The summed E-state index contributed by atoms with van der Waals surface area (Å²) < 4.78 is 10.6. The molecular formula is C23H16ClNO4S. The Balaban J connectivity index is 1.61. The molecule has 0 atom stereocenters. The van der Waals surface area contributed by atoms with Crippen LogP contribution in [0.1, 0.15) is 20.9 Å². The van der Waals surface area contributed by atoms with Crippen molar-refractivity contribution in [3.8, 4) is 22.5 Å². The zero-order valence-electron chi connectivity index (χ0n) is 15.8. The maximum Gasteiger partial charge on any atom is 0.341 e. The van der Waals surface area contributed by atoms with Gasteiger partial charge in [-0.3, -0.25) is 4.79 Å². The second kappa shape index (κ2) is 8.57. The van der Waals surface area contributed by atoms with Crippen LogP contribution in [0.5, 0.6) is 0 Å². The van der Waals surface area contributed by atoms with Crippen LogP contribution in [0.15, 0.2) is 76.5 Å². The minimum Gasteiger partial charge on any atom is -0.465 e. The van der Waals surface area contributed by atoms with Crippen LogP contribution >= 0.6 is 22.9 Å². The van der Waals surface area contributed by atoms with Gasteiger partial charge in [0.25, 0.3) is 5.91 Å². The van der Waals surface area contributed by atoms with E-state index >= 15 is 0 Å². The fourth-order valence-electron chi connectivity index (χ4n) is 2.98. The zero-order valence-corrected chi connectivity index (χ0v) is 17.4. The van der Waals surface area contributed by atoms with Gasteiger partial charge in [0, 0.05) is 21.5 Å². The Labute approximate surface area is 181 Å². The average molecular weight is 438 g/mol. The number of nitrogens with one attached hydrogen (secondary N) is 1. The summed E-state index contributed by atoms with van der Waals surface area (Å²) in [5, 5.41) is 5.60. The van der Waals surface area contributed by atoms with E-state index in [1.165, 1.54) is 18.4 Å². The van der Waals surface area contributed by atoms with E-state index < -0.39 is 11.9 Å². The highest BCUT2D eigenvalue weighted by atomic mass is 35.5. The van der Waals surface area contributed by atoms with Gasteiger partial charge in [-0.1, -0.05) is 41.9 Å². The third-order valence-electron chi connectivity index (χ3n) is 4.45. The van der Waals surface area contributed by atoms with Gasteiger partial charge in [-0.05, 0) is 42.0 Å². The largest absolute Gasteiger partial charge is 0.465 e. The summed E-state index contributed by atoms with van der Waals surface area (Å²) in [5.74, 6) is -0.305. The van der Waals surface area contributed by atoms with Crippen LogP contribution in [-0.2, 0) is 4.74 Å². The number of furan rings is 1. The van der Waals surface area contributed by atoms with Gasteiger partial charge in [-0.25, -0.2) is 4.79 Å². The first kappa shape index (κ1) is 19.9. The summed E-state index contributed by atoms with van der Waals surface area (Å²) in [4.78, 5) is 25.2. The van der Waals surface area contributed by atoms with Crippen molar-refractivity contribution in [3.63, 3.8) is 0 Å². The van der Waals surface area contributed by atoms with Crippen molar-refractivity contribution in [2.24, 2.45) is 0 Å². The molecular weight excluding hydrogens is 422 g/mol. The van der Waals surface area contributed by atoms with Crippen LogP contribution in [0.3, 0.4) is 0 Å². The van der Waals surface area contributed by atoms with E-state index in [0.29, 0.717) is 26.9 Å². The number of methoxy groups -OCH3 is 1. The third-order valence-corrected chi connectivity index (χ3v) is 5.60. The molecule has 150 valence electrons. The highest BCUT2D eigenvalue weighted by molar-refractivity contribution is 7.15. The molecule has 0 aliphatic carbocycles. The van der Waals surface area contributed by atoms with Crippen molar-refractivity contribution in [1.29, 1.82) is 0 Å². The molecule has 5 nitrogen and oxygen atoms in total. The van der Waals surface area contributed by atoms with Gasteiger partial charge in [-0.15, -0.1) is 11.3 Å². The molecule has 0 aliphatic rings. The fourth-order valence-corrected chi connectivity index (χ4v) is 4.06. The number of carbonyl (C=O) groups excluding carboxylic acids is 2. The van der Waals surface area contributed by atoms with Crippen molar-refractivity contribution in [3.05, 3.63) is 88.5 Å². The van der Waals surface area contributed by atoms with Gasteiger partial charge in [0.1, 0.15) is 16.3 Å². The van der Waals surface area contributed by atoms with Crippen molar-refractivity contribution in [1.82, 2.24) is 0 Å². The molecule has 7 heteroatoms. The van der Waals surface area contributed by atoms with Crippen LogP contribution in [0, 0.1) is 0 Å². The molecule has 0 saturated heterocycles. The van der Waals surface area contributed by atoms with E-state index in [4.69, 9.17) is 20.8 Å². The van der Waals surface area contributed by atoms with E-state index in [9.17, 15) is 9.59 Å². The first-order valence-electron chi connectivity index (χ1n) is 8.99. The number of hydrogen-bond acceptors (Lipinski definition) is 5. The van der Waals surface area contributed by atoms with Crippen molar-refractivity contribution in [2.45, 2.75) is 0 Å². The second-order valence-corrected chi connectivity index (χ2v) is 7.65. The first-order valence-corrected chi connectivity index (χ1v) is 10.2. The Kier molecular flexibility index (Phi) is 5.70. The van der Waals surface area contributed by atoms with E-state index in [-0.39, 0.29) is 5.76 Å². The van der Waals surface area contributed by atoms with E-state index in [2.05, 4.69) is 5.32 Å². The van der Waals surface area contributed by atoms with Gasteiger partial charge in [0.2, 0.25) is 0 Å². The summed E-state index contributed by atoms with van der Waals surface area (Å²) in [6.45, 7) is 0. The number of halogens is 1. The molecule has 1 N–H and O–H groups in total. The van der Waals surface area contributed by atoms with Crippen LogP contribution in [-0.4, -0.2) is 19.0 Å². The lowest BCUT2D eigenvalue weighted by molar-refractivity contribution is 0.0603. The summed E-state index contributed by atoms with van der Waals surface area (Å²) >= 11 is 7.17. The molecule has 0 fully saturated rings. The van der Waals surface area contributed by atoms with E-state index in [1.807, 2.05) is 47.8 Å².